The highest BCUT2D eigenvalue weighted by atomic mass is 16.5. The Morgan fingerprint density at radius 2 is 2.17 bits per heavy atom. The minimum absolute atomic E-state index is 0.295. The number of fused-ring (bicyclic) bond motifs is 1. The lowest BCUT2D eigenvalue weighted by atomic mass is 10.3. The maximum Gasteiger partial charge on any atom is 0.247 e. The Morgan fingerprint density at radius 3 is 2.93 bits per heavy atom. The van der Waals surface area contributed by atoms with Crippen molar-refractivity contribution in [3.8, 4) is 11.6 Å². The molecule has 9 nitrogen and oxygen atoms in total. The van der Waals surface area contributed by atoms with E-state index in [0.717, 1.165) is 23.3 Å². The Labute approximate surface area is 172 Å². The zero-order chi connectivity index (χ0) is 21.1. The standard InChI is InChI=1S/C21H21N7O2/c1-4-13-12-17(28(3)27-13)24-21-25-19-16(9-10-22-19)20(26-21)30-15-8-6-7-14(11-15)23-18(29)5-2/h5-12H,2,4H2,1,3H3,(H,23,29)(H2,22,24,25,26). The van der Waals surface area contributed by atoms with Crippen LogP contribution in [0.2, 0.25) is 0 Å². The molecule has 0 unspecified atom stereocenters. The van der Waals surface area contributed by atoms with Gasteiger partial charge in [-0.15, -0.1) is 0 Å². The van der Waals surface area contributed by atoms with Gasteiger partial charge in [-0.05, 0) is 30.7 Å². The van der Waals surface area contributed by atoms with Gasteiger partial charge in [0.05, 0.1) is 11.1 Å². The number of hydrogen-bond donors (Lipinski definition) is 3. The molecular formula is C21H21N7O2. The number of nitrogens with zero attached hydrogens (tertiary/aromatic N) is 4. The molecular weight excluding hydrogens is 382 g/mol. The molecule has 0 bridgehead atoms. The normalized spacial score (nSPS) is 10.7. The Morgan fingerprint density at radius 1 is 1.30 bits per heavy atom. The number of aromatic nitrogens is 5. The molecule has 3 aromatic heterocycles. The summed E-state index contributed by atoms with van der Waals surface area (Å²) in [6.07, 6.45) is 3.82. The number of amides is 1. The summed E-state index contributed by atoms with van der Waals surface area (Å²) in [4.78, 5) is 23.7. The predicted octanol–water partition coefficient (Wildman–Crippen LogP) is 3.91. The van der Waals surface area contributed by atoms with E-state index >= 15 is 0 Å². The molecule has 30 heavy (non-hydrogen) atoms. The van der Waals surface area contributed by atoms with E-state index in [1.807, 2.05) is 26.1 Å². The summed E-state index contributed by atoms with van der Waals surface area (Å²) in [6.45, 7) is 5.50. The lowest BCUT2D eigenvalue weighted by Crippen LogP contribution is -2.07. The molecule has 4 aromatic rings. The van der Waals surface area contributed by atoms with Gasteiger partial charge in [0, 0.05) is 31.1 Å². The van der Waals surface area contributed by atoms with Crippen LogP contribution in [0, 0.1) is 0 Å². The number of anilines is 3. The van der Waals surface area contributed by atoms with Crippen LogP contribution in [-0.2, 0) is 18.3 Å². The van der Waals surface area contributed by atoms with Crippen molar-refractivity contribution in [1.29, 1.82) is 0 Å². The summed E-state index contributed by atoms with van der Waals surface area (Å²) in [7, 11) is 1.86. The fourth-order valence-electron chi connectivity index (χ4n) is 2.92. The van der Waals surface area contributed by atoms with Gasteiger partial charge in [0.15, 0.2) is 0 Å². The van der Waals surface area contributed by atoms with Crippen molar-refractivity contribution >= 4 is 34.4 Å². The molecule has 152 valence electrons. The Kier molecular flexibility index (Phi) is 5.17. The highest BCUT2D eigenvalue weighted by molar-refractivity contribution is 5.99. The predicted molar refractivity (Wildman–Crippen MR) is 115 cm³/mol. The zero-order valence-electron chi connectivity index (χ0n) is 16.6. The Hall–Kier alpha value is -4.14. The van der Waals surface area contributed by atoms with E-state index in [-0.39, 0.29) is 5.91 Å². The number of hydrogen-bond acceptors (Lipinski definition) is 6. The van der Waals surface area contributed by atoms with Crippen molar-refractivity contribution in [3.63, 3.8) is 0 Å². The van der Waals surface area contributed by atoms with E-state index in [9.17, 15) is 4.79 Å². The van der Waals surface area contributed by atoms with Crippen molar-refractivity contribution in [2.75, 3.05) is 10.6 Å². The van der Waals surface area contributed by atoms with Gasteiger partial charge < -0.3 is 20.4 Å². The summed E-state index contributed by atoms with van der Waals surface area (Å²) >= 11 is 0. The second kappa shape index (κ2) is 8.08. The lowest BCUT2D eigenvalue weighted by Gasteiger charge is -2.10. The van der Waals surface area contributed by atoms with Crippen LogP contribution in [0.15, 0.2) is 55.3 Å². The van der Waals surface area contributed by atoms with Gasteiger partial charge >= 0.3 is 0 Å². The molecule has 0 atom stereocenters. The first-order valence-corrected chi connectivity index (χ1v) is 9.42. The van der Waals surface area contributed by atoms with Gasteiger partial charge in [0.1, 0.15) is 17.2 Å². The van der Waals surface area contributed by atoms with Crippen LogP contribution in [0.3, 0.4) is 0 Å². The summed E-state index contributed by atoms with van der Waals surface area (Å²) in [5, 5.41) is 11.1. The second-order valence-electron chi connectivity index (χ2n) is 6.54. The first-order valence-electron chi connectivity index (χ1n) is 9.42. The van der Waals surface area contributed by atoms with Crippen LogP contribution in [0.1, 0.15) is 12.6 Å². The van der Waals surface area contributed by atoms with E-state index in [4.69, 9.17) is 4.74 Å². The summed E-state index contributed by atoms with van der Waals surface area (Å²) in [5.74, 6) is 1.77. The molecule has 0 aliphatic heterocycles. The number of H-pyrrole nitrogens is 1. The second-order valence-corrected chi connectivity index (χ2v) is 6.54. The maximum absolute atomic E-state index is 11.6. The van der Waals surface area contributed by atoms with E-state index < -0.39 is 0 Å². The molecule has 0 radical (unpaired) electrons. The minimum Gasteiger partial charge on any atom is -0.438 e. The maximum atomic E-state index is 11.6. The number of aromatic amines is 1. The number of carbonyl (C=O) groups excluding carboxylic acids is 1. The molecule has 1 aromatic carbocycles. The van der Waals surface area contributed by atoms with E-state index in [2.05, 4.69) is 37.3 Å². The lowest BCUT2D eigenvalue weighted by molar-refractivity contribution is -0.111. The zero-order valence-corrected chi connectivity index (χ0v) is 16.6. The number of ether oxygens (including phenoxy) is 1. The van der Waals surface area contributed by atoms with Crippen LogP contribution in [-0.4, -0.2) is 30.6 Å². The van der Waals surface area contributed by atoms with E-state index in [1.165, 1.54) is 6.08 Å². The van der Waals surface area contributed by atoms with Crippen LogP contribution in [0.25, 0.3) is 11.0 Å². The number of benzene rings is 1. The molecule has 0 saturated heterocycles. The highest BCUT2D eigenvalue weighted by Crippen LogP contribution is 2.30. The molecule has 0 aliphatic rings. The van der Waals surface area contributed by atoms with Crippen molar-refractivity contribution in [2.24, 2.45) is 7.05 Å². The molecule has 0 saturated carbocycles. The fraction of sp³-hybridized carbons (Fsp3) is 0.143. The first kappa shape index (κ1) is 19.2. The molecule has 1 amide bonds. The molecule has 3 N–H and O–H groups in total. The van der Waals surface area contributed by atoms with Crippen LogP contribution in [0.5, 0.6) is 11.6 Å². The third-order valence-electron chi connectivity index (χ3n) is 4.41. The molecule has 0 spiro atoms. The van der Waals surface area contributed by atoms with Crippen molar-refractivity contribution < 1.29 is 9.53 Å². The molecule has 4 rings (SSSR count). The Bertz CT molecular complexity index is 1230. The SMILES string of the molecule is C=CC(=O)Nc1cccc(Oc2nc(Nc3cc(CC)nn3C)nc3[nH]ccc23)c1. The number of rotatable bonds is 7. The molecule has 0 aliphatic carbocycles. The number of nitrogens with one attached hydrogen (secondary N) is 3. The summed E-state index contributed by atoms with van der Waals surface area (Å²) in [6, 6.07) is 10.8. The minimum atomic E-state index is -0.295. The summed E-state index contributed by atoms with van der Waals surface area (Å²) in [5.41, 5.74) is 2.20. The van der Waals surface area contributed by atoms with Crippen molar-refractivity contribution in [2.45, 2.75) is 13.3 Å². The quantitative estimate of drug-likeness (QED) is 0.404. The van der Waals surface area contributed by atoms with Gasteiger partial charge in [-0.2, -0.15) is 15.1 Å². The molecule has 0 fully saturated rings. The van der Waals surface area contributed by atoms with Crippen molar-refractivity contribution in [3.05, 3.63) is 60.9 Å². The monoisotopic (exact) mass is 403 g/mol. The van der Waals surface area contributed by atoms with Gasteiger partial charge in [-0.1, -0.05) is 19.6 Å². The average Bonchev–Trinajstić information content (AvgIpc) is 3.35. The average molecular weight is 403 g/mol. The number of aryl methyl sites for hydroxylation is 2. The fourth-order valence-corrected chi connectivity index (χ4v) is 2.92. The smallest absolute Gasteiger partial charge is 0.247 e. The van der Waals surface area contributed by atoms with Crippen LogP contribution < -0.4 is 15.4 Å². The first-order chi connectivity index (χ1) is 14.6. The molecule has 9 heteroatoms. The Balaban J connectivity index is 1.65. The third-order valence-corrected chi connectivity index (χ3v) is 4.41. The van der Waals surface area contributed by atoms with Gasteiger partial charge in [-0.3, -0.25) is 9.48 Å². The van der Waals surface area contributed by atoms with Gasteiger partial charge in [0.25, 0.3) is 0 Å². The topological polar surface area (TPSA) is 110 Å². The van der Waals surface area contributed by atoms with Crippen molar-refractivity contribution in [1.82, 2.24) is 24.7 Å². The third kappa shape index (κ3) is 4.00. The van der Waals surface area contributed by atoms with Crippen LogP contribution in [0.4, 0.5) is 17.5 Å². The number of carbonyl (C=O) groups is 1. The van der Waals surface area contributed by atoms with E-state index in [1.54, 1.807) is 35.1 Å². The van der Waals surface area contributed by atoms with E-state index in [0.29, 0.717) is 28.9 Å². The van der Waals surface area contributed by atoms with Gasteiger partial charge in [0.2, 0.25) is 17.7 Å². The van der Waals surface area contributed by atoms with Crippen LogP contribution >= 0.6 is 0 Å². The largest absolute Gasteiger partial charge is 0.438 e. The summed E-state index contributed by atoms with van der Waals surface area (Å²) < 4.78 is 7.77. The molecule has 3 heterocycles. The highest BCUT2D eigenvalue weighted by Gasteiger charge is 2.13. The van der Waals surface area contributed by atoms with Gasteiger partial charge in [-0.25, -0.2) is 0 Å².